The summed E-state index contributed by atoms with van der Waals surface area (Å²) in [5, 5.41) is 12.4. The van der Waals surface area contributed by atoms with E-state index in [1.807, 2.05) is 0 Å². The molecular formula is C11H22N2O2. The first-order valence-electron chi connectivity index (χ1n) is 5.61. The second kappa shape index (κ2) is 4.94. The summed E-state index contributed by atoms with van der Waals surface area (Å²) >= 11 is 0. The van der Waals surface area contributed by atoms with Crippen molar-refractivity contribution in [1.29, 1.82) is 0 Å². The molecule has 0 aromatic rings. The van der Waals surface area contributed by atoms with E-state index in [4.69, 9.17) is 5.73 Å². The number of nitrogens with two attached hydrogens (primary N) is 1. The van der Waals surface area contributed by atoms with Gasteiger partial charge in [0.25, 0.3) is 0 Å². The predicted molar refractivity (Wildman–Crippen MR) is 59.2 cm³/mol. The molecule has 1 saturated carbocycles. The third-order valence-electron chi connectivity index (χ3n) is 3.27. The van der Waals surface area contributed by atoms with Crippen LogP contribution in [0.5, 0.6) is 0 Å². The summed E-state index contributed by atoms with van der Waals surface area (Å²) in [6, 6.07) is 0.423. The number of rotatable bonds is 4. The lowest BCUT2D eigenvalue weighted by atomic mass is 9.75. The van der Waals surface area contributed by atoms with Crippen molar-refractivity contribution in [1.82, 2.24) is 5.32 Å². The van der Waals surface area contributed by atoms with Crippen molar-refractivity contribution >= 4 is 5.91 Å². The Morgan fingerprint density at radius 2 is 2.07 bits per heavy atom. The van der Waals surface area contributed by atoms with Gasteiger partial charge in [-0.3, -0.25) is 4.79 Å². The molecule has 0 bridgehead atoms. The van der Waals surface area contributed by atoms with E-state index in [1.165, 1.54) is 12.8 Å². The van der Waals surface area contributed by atoms with Crippen LogP contribution in [0.1, 0.15) is 39.5 Å². The highest BCUT2D eigenvalue weighted by Gasteiger charge is 2.26. The molecule has 1 amide bonds. The van der Waals surface area contributed by atoms with Crippen molar-refractivity contribution in [2.45, 2.75) is 51.7 Å². The first-order chi connectivity index (χ1) is 6.91. The molecule has 0 aliphatic heterocycles. The Morgan fingerprint density at radius 3 is 2.53 bits per heavy atom. The first-order valence-corrected chi connectivity index (χ1v) is 5.61. The molecule has 4 heteroatoms. The van der Waals surface area contributed by atoms with Gasteiger partial charge in [0.1, 0.15) is 6.10 Å². The Balaban J connectivity index is 2.22. The zero-order chi connectivity index (χ0) is 11.5. The Labute approximate surface area is 91.2 Å². The molecule has 1 fully saturated rings. The van der Waals surface area contributed by atoms with Crippen LogP contribution in [-0.4, -0.2) is 29.7 Å². The number of amides is 1. The number of aliphatic hydroxyl groups excluding tert-OH is 1. The molecule has 4 N–H and O–H groups in total. The molecule has 0 aromatic carbocycles. The predicted octanol–water partition coefficient (Wildman–Crippen LogP) is 0.391. The molecular weight excluding hydrogens is 192 g/mol. The molecule has 4 nitrogen and oxygen atoms in total. The zero-order valence-electron chi connectivity index (χ0n) is 9.62. The van der Waals surface area contributed by atoms with E-state index in [2.05, 4.69) is 19.2 Å². The maximum absolute atomic E-state index is 10.6. The number of aliphatic hydroxyl groups is 1. The van der Waals surface area contributed by atoms with Crippen LogP contribution in [0.15, 0.2) is 0 Å². The Hall–Kier alpha value is -0.610. The molecule has 15 heavy (non-hydrogen) atoms. The van der Waals surface area contributed by atoms with Crippen LogP contribution in [0.3, 0.4) is 0 Å². The van der Waals surface area contributed by atoms with Crippen LogP contribution in [0.4, 0.5) is 0 Å². The maximum atomic E-state index is 10.6. The maximum Gasteiger partial charge on any atom is 0.247 e. The molecule has 1 aliphatic carbocycles. The summed E-state index contributed by atoms with van der Waals surface area (Å²) in [7, 11) is 0. The van der Waals surface area contributed by atoms with E-state index in [0.717, 1.165) is 12.8 Å². The van der Waals surface area contributed by atoms with Crippen molar-refractivity contribution in [2.75, 3.05) is 6.54 Å². The van der Waals surface area contributed by atoms with Gasteiger partial charge in [-0.25, -0.2) is 0 Å². The molecule has 88 valence electrons. The van der Waals surface area contributed by atoms with Gasteiger partial charge < -0.3 is 16.2 Å². The highest BCUT2D eigenvalue weighted by atomic mass is 16.3. The number of primary amides is 1. The van der Waals surface area contributed by atoms with Gasteiger partial charge in [-0.05, 0) is 31.1 Å². The fourth-order valence-electron chi connectivity index (χ4n) is 1.98. The van der Waals surface area contributed by atoms with Crippen molar-refractivity contribution < 1.29 is 9.90 Å². The quantitative estimate of drug-likeness (QED) is 0.633. The Kier molecular flexibility index (Phi) is 4.11. The first kappa shape index (κ1) is 12.5. The standard InChI is InChI=1S/C11H22N2O2/c1-11(2)5-3-8(4-6-11)13-7-9(14)10(12)15/h8-9,13-14H,3-7H2,1-2H3,(H2,12,15). The van der Waals surface area contributed by atoms with Crippen molar-refractivity contribution in [3.63, 3.8) is 0 Å². The van der Waals surface area contributed by atoms with Gasteiger partial charge in [0.05, 0.1) is 0 Å². The van der Waals surface area contributed by atoms with E-state index < -0.39 is 12.0 Å². The topological polar surface area (TPSA) is 75.3 Å². The summed E-state index contributed by atoms with van der Waals surface area (Å²) in [6.07, 6.45) is 3.55. The monoisotopic (exact) mass is 214 g/mol. The average molecular weight is 214 g/mol. The van der Waals surface area contributed by atoms with Crippen molar-refractivity contribution in [2.24, 2.45) is 11.1 Å². The highest BCUT2D eigenvalue weighted by molar-refractivity contribution is 5.78. The number of nitrogens with one attached hydrogen (secondary N) is 1. The fourth-order valence-corrected chi connectivity index (χ4v) is 1.98. The lowest BCUT2D eigenvalue weighted by Crippen LogP contribution is -2.43. The largest absolute Gasteiger partial charge is 0.382 e. The molecule has 0 saturated heterocycles. The van der Waals surface area contributed by atoms with E-state index >= 15 is 0 Å². The van der Waals surface area contributed by atoms with Crippen LogP contribution in [0.25, 0.3) is 0 Å². The van der Waals surface area contributed by atoms with Crippen molar-refractivity contribution in [3.8, 4) is 0 Å². The van der Waals surface area contributed by atoms with Gasteiger partial charge in [-0.2, -0.15) is 0 Å². The van der Waals surface area contributed by atoms with Gasteiger partial charge in [0.2, 0.25) is 5.91 Å². The smallest absolute Gasteiger partial charge is 0.247 e. The molecule has 1 unspecified atom stereocenters. The van der Waals surface area contributed by atoms with Crippen molar-refractivity contribution in [3.05, 3.63) is 0 Å². The number of hydrogen-bond acceptors (Lipinski definition) is 3. The van der Waals surface area contributed by atoms with Crippen LogP contribution >= 0.6 is 0 Å². The molecule has 0 radical (unpaired) electrons. The second-order valence-corrected chi connectivity index (χ2v) is 5.26. The third kappa shape index (κ3) is 4.18. The van der Waals surface area contributed by atoms with Gasteiger partial charge >= 0.3 is 0 Å². The number of hydrogen-bond donors (Lipinski definition) is 3. The summed E-state index contributed by atoms with van der Waals surface area (Å²) in [4.78, 5) is 10.6. The summed E-state index contributed by atoms with van der Waals surface area (Å²) < 4.78 is 0. The van der Waals surface area contributed by atoms with E-state index in [-0.39, 0.29) is 6.54 Å². The summed E-state index contributed by atoms with van der Waals surface area (Å²) in [6.45, 7) is 4.84. The minimum atomic E-state index is -1.06. The SMILES string of the molecule is CC1(C)CCC(NCC(O)C(N)=O)CC1. The normalized spacial score (nSPS) is 23.7. The minimum absolute atomic E-state index is 0.278. The molecule has 0 spiro atoms. The summed E-state index contributed by atoms with van der Waals surface area (Å²) in [5.74, 6) is -0.654. The lowest BCUT2D eigenvalue weighted by molar-refractivity contribution is -0.125. The van der Waals surface area contributed by atoms with Crippen LogP contribution in [0.2, 0.25) is 0 Å². The summed E-state index contributed by atoms with van der Waals surface area (Å²) in [5.41, 5.74) is 5.41. The van der Waals surface area contributed by atoms with Gasteiger partial charge in [0, 0.05) is 12.6 Å². The fraction of sp³-hybridized carbons (Fsp3) is 0.909. The molecule has 1 rings (SSSR count). The van der Waals surface area contributed by atoms with Gasteiger partial charge in [-0.1, -0.05) is 13.8 Å². The molecule has 0 aromatic heterocycles. The van der Waals surface area contributed by atoms with E-state index in [0.29, 0.717) is 11.5 Å². The van der Waals surface area contributed by atoms with E-state index in [9.17, 15) is 9.90 Å². The Morgan fingerprint density at radius 1 is 1.53 bits per heavy atom. The zero-order valence-corrected chi connectivity index (χ0v) is 9.62. The average Bonchev–Trinajstić information content (AvgIpc) is 2.15. The van der Waals surface area contributed by atoms with Crippen LogP contribution in [-0.2, 0) is 4.79 Å². The number of carbonyl (C=O) groups is 1. The van der Waals surface area contributed by atoms with Crippen LogP contribution in [0, 0.1) is 5.41 Å². The molecule has 1 aliphatic rings. The number of carbonyl (C=O) groups excluding carboxylic acids is 1. The van der Waals surface area contributed by atoms with Gasteiger partial charge in [-0.15, -0.1) is 0 Å². The van der Waals surface area contributed by atoms with Crippen LogP contribution < -0.4 is 11.1 Å². The molecule has 1 atom stereocenters. The lowest BCUT2D eigenvalue weighted by Gasteiger charge is -2.34. The van der Waals surface area contributed by atoms with Gasteiger partial charge in [0.15, 0.2) is 0 Å². The second-order valence-electron chi connectivity index (χ2n) is 5.26. The Bertz CT molecular complexity index is 219. The molecule has 0 heterocycles. The highest BCUT2D eigenvalue weighted by Crippen LogP contribution is 2.34. The minimum Gasteiger partial charge on any atom is -0.382 e. The van der Waals surface area contributed by atoms with E-state index in [1.54, 1.807) is 0 Å². The third-order valence-corrected chi connectivity index (χ3v) is 3.27.